The Kier molecular flexibility index (Phi) is 9.78. The quantitative estimate of drug-likeness (QED) is 0.162. The molecule has 0 atom stereocenters. The molecule has 12 heteroatoms. The highest BCUT2D eigenvalue weighted by Crippen LogP contribution is 2.42. The molecule has 0 spiro atoms. The number of ether oxygens (including phenoxy) is 5. The van der Waals surface area contributed by atoms with Crippen LogP contribution in [0.25, 0.3) is 45.2 Å². The summed E-state index contributed by atoms with van der Waals surface area (Å²) in [6, 6.07) is 12.5. The zero-order valence-electron chi connectivity index (χ0n) is 26.2. The highest BCUT2D eigenvalue weighted by molar-refractivity contribution is 7.80. The number of methoxy groups -OCH3 is 3. The van der Waals surface area contributed by atoms with Crippen LogP contribution in [-0.4, -0.2) is 59.4 Å². The Hall–Kier alpha value is -5.07. The predicted molar refractivity (Wildman–Crippen MR) is 179 cm³/mol. The summed E-state index contributed by atoms with van der Waals surface area (Å²) >= 11 is 4.66. The third-order valence-corrected chi connectivity index (χ3v) is 7.64. The van der Waals surface area contributed by atoms with Gasteiger partial charge in [-0.2, -0.15) is 9.78 Å². The van der Waals surface area contributed by atoms with Crippen LogP contribution in [0.2, 0.25) is 0 Å². The number of aliphatic hydroxyl groups excluding tert-OH is 1. The van der Waals surface area contributed by atoms with Crippen LogP contribution in [0.3, 0.4) is 0 Å². The largest absolute Gasteiger partial charge is 0.493 e. The van der Waals surface area contributed by atoms with Gasteiger partial charge >= 0.3 is 0 Å². The maximum atomic E-state index is 13.7. The van der Waals surface area contributed by atoms with Crippen molar-refractivity contribution >= 4 is 29.5 Å². The van der Waals surface area contributed by atoms with Gasteiger partial charge in [0.1, 0.15) is 5.69 Å². The monoisotopic (exact) mass is 642 g/mol. The molecule has 0 unspecified atom stereocenters. The Bertz CT molecular complexity index is 1970. The van der Waals surface area contributed by atoms with E-state index in [0.29, 0.717) is 75.1 Å². The van der Waals surface area contributed by atoms with Crippen molar-refractivity contribution < 1.29 is 28.8 Å². The molecule has 3 aromatic heterocycles. The molecule has 1 N–H and O–H groups in total. The van der Waals surface area contributed by atoms with Gasteiger partial charge in [0.25, 0.3) is 5.56 Å². The van der Waals surface area contributed by atoms with Gasteiger partial charge in [0.15, 0.2) is 28.8 Å². The van der Waals surface area contributed by atoms with Crippen molar-refractivity contribution in [2.45, 2.75) is 25.3 Å². The van der Waals surface area contributed by atoms with E-state index in [4.69, 9.17) is 33.8 Å². The van der Waals surface area contributed by atoms with Crippen molar-refractivity contribution in [3.63, 3.8) is 0 Å². The molecule has 238 valence electrons. The fourth-order valence-electron chi connectivity index (χ4n) is 5.12. The molecule has 0 aliphatic heterocycles. The van der Waals surface area contributed by atoms with Gasteiger partial charge in [-0.05, 0) is 61.7 Å². The molecule has 0 bridgehead atoms. The minimum atomic E-state index is -0.470. The molecule has 3 heterocycles. The van der Waals surface area contributed by atoms with Crippen molar-refractivity contribution in [1.29, 1.82) is 0 Å². The van der Waals surface area contributed by atoms with Gasteiger partial charge in [0.2, 0.25) is 5.75 Å². The topological polar surface area (TPSA) is 127 Å². The first-order chi connectivity index (χ1) is 22.3. The average molecular weight is 643 g/mol. The number of pyridine rings is 2. The summed E-state index contributed by atoms with van der Waals surface area (Å²) < 4.78 is 29.4. The third-order valence-electron chi connectivity index (χ3n) is 7.19. The highest BCUT2D eigenvalue weighted by Gasteiger charge is 2.21. The number of hydrogen-bond donors (Lipinski definition) is 2. The molecule has 5 rings (SSSR count). The van der Waals surface area contributed by atoms with Crippen molar-refractivity contribution in [1.82, 2.24) is 19.7 Å². The molecule has 0 amide bonds. The van der Waals surface area contributed by atoms with Crippen LogP contribution in [-0.2, 0) is 6.61 Å². The van der Waals surface area contributed by atoms with Gasteiger partial charge < -0.3 is 28.8 Å². The molecular weight excluding hydrogens is 608 g/mol. The first kappa shape index (κ1) is 32.3. The summed E-state index contributed by atoms with van der Waals surface area (Å²) in [5, 5.41) is 16.3. The molecule has 2 aromatic carbocycles. The van der Waals surface area contributed by atoms with E-state index in [1.54, 1.807) is 36.5 Å². The lowest BCUT2D eigenvalue weighted by Crippen LogP contribution is -2.25. The number of hydrogen-bond acceptors (Lipinski definition) is 11. The molecule has 0 fully saturated rings. The minimum Gasteiger partial charge on any atom is -0.493 e. The molecule has 0 aliphatic carbocycles. The number of nitrogens with zero attached hydrogens (tertiary/aromatic N) is 4. The van der Waals surface area contributed by atoms with Crippen molar-refractivity contribution in [2.24, 2.45) is 0 Å². The molecule has 46 heavy (non-hydrogen) atoms. The molecule has 0 aliphatic rings. The van der Waals surface area contributed by atoms with Crippen molar-refractivity contribution in [3.05, 3.63) is 76.9 Å². The van der Waals surface area contributed by atoms with E-state index in [2.05, 4.69) is 24.2 Å². The normalized spacial score (nSPS) is 10.9. The number of rotatable bonds is 12. The number of aromatic nitrogens is 4. The van der Waals surface area contributed by atoms with Crippen molar-refractivity contribution in [2.75, 3.05) is 34.5 Å². The van der Waals surface area contributed by atoms with E-state index >= 15 is 0 Å². The number of benzene rings is 2. The van der Waals surface area contributed by atoms with Crippen LogP contribution in [0.1, 0.15) is 25.1 Å². The Morgan fingerprint density at radius 1 is 0.891 bits per heavy atom. The average Bonchev–Trinajstić information content (AvgIpc) is 3.08. The Labute approximate surface area is 271 Å². The Morgan fingerprint density at radius 3 is 2.15 bits per heavy atom. The second-order valence-corrected chi connectivity index (χ2v) is 10.3. The molecule has 0 saturated heterocycles. The standard InChI is InChI=1S/C34H34N4O7S/c1-7-23-33(46)31(21-14-27(41-4)32(43-6)28(15-21)42-5)37-38(34(23)40)29-16-19(10-11-35-29)30-24-17-26(45-9-3)25(44-8-2)13-20(24)12-22(18-39)36-30/h7,10-17,39,46H,1,8-9,18H2,2-6H3. The summed E-state index contributed by atoms with van der Waals surface area (Å²) in [5.41, 5.74) is 2.33. The number of fused-ring (bicyclic) bond motifs is 1. The fraction of sp³-hybridized carbons (Fsp3) is 0.235. The van der Waals surface area contributed by atoms with Crippen LogP contribution in [0.5, 0.6) is 28.7 Å². The highest BCUT2D eigenvalue weighted by atomic mass is 32.1. The Balaban J connectivity index is 1.74. The minimum absolute atomic E-state index is 0.227. The van der Waals surface area contributed by atoms with Crippen LogP contribution in [0, 0.1) is 0 Å². The van der Waals surface area contributed by atoms with Crippen molar-refractivity contribution in [3.8, 4) is 57.1 Å². The second-order valence-electron chi connectivity index (χ2n) is 9.86. The smallest absolute Gasteiger partial charge is 0.281 e. The zero-order valence-corrected chi connectivity index (χ0v) is 27.1. The van der Waals surface area contributed by atoms with Crippen LogP contribution in [0.4, 0.5) is 0 Å². The van der Waals surface area contributed by atoms with Gasteiger partial charge in [-0.3, -0.25) is 4.79 Å². The maximum Gasteiger partial charge on any atom is 0.281 e. The first-order valence-corrected chi connectivity index (χ1v) is 14.9. The predicted octanol–water partition coefficient (Wildman–Crippen LogP) is 5.76. The van der Waals surface area contributed by atoms with Gasteiger partial charge in [0.05, 0.1) is 58.1 Å². The van der Waals surface area contributed by atoms with Gasteiger partial charge in [0, 0.05) is 27.6 Å². The summed E-state index contributed by atoms with van der Waals surface area (Å²) in [6.45, 7) is 8.27. The number of thiol groups is 1. The van der Waals surface area contributed by atoms with Crippen LogP contribution in [0.15, 0.2) is 64.9 Å². The summed E-state index contributed by atoms with van der Waals surface area (Å²) in [4.78, 5) is 23.3. The first-order valence-electron chi connectivity index (χ1n) is 14.4. The van der Waals surface area contributed by atoms with E-state index in [1.807, 2.05) is 26.0 Å². The fourth-order valence-corrected chi connectivity index (χ4v) is 5.48. The Morgan fingerprint density at radius 2 is 1.57 bits per heavy atom. The zero-order chi connectivity index (χ0) is 33.0. The van der Waals surface area contributed by atoms with E-state index in [-0.39, 0.29) is 18.0 Å². The second kappa shape index (κ2) is 13.9. The summed E-state index contributed by atoms with van der Waals surface area (Å²) in [5.74, 6) is 2.61. The van der Waals surface area contributed by atoms with Gasteiger partial charge in [-0.15, -0.1) is 12.6 Å². The van der Waals surface area contributed by atoms with E-state index in [1.165, 1.54) is 32.1 Å². The van der Waals surface area contributed by atoms with E-state index in [0.717, 1.165) is 10.8 Å². The molecule has 5 aromatic rings. The van der Waals surface area contributed by atoms with Crippen LogP contribution < -0.4 is 29.2 Å². The third kappa shape index (κ3) is 5.96. The van der Waals surface area contributed by atoms with E-state index < -0.39 is 5.56 Å². The summed E-state index contributed by atoms with van der Waals surface area (Å²) in [6.07, 6.45) is 3.00. The molecule has 0 saturated carbocycles. The van der Waals surface area contributed by atoms with Gasteiger partial charge in [-0.1, -0.05) is 12.7 Å². The lowest BCUT2D eigenvalue weighted by Gasteiger charge is -2.17. The van der Waals surface area contributed by atoms with Gasteiger partial charge in [-0.25, -0.2) is 9.97 Å². The number of aliphatic hydroxyl groups is 1. The summed E-state index contributed by atoms with van der Waals surface area (Å²) in [7, 11) is 4.54. The molecule has 0 radical (unpaired) electrons. The maximum absolute atomic E-state index is 13.7. The SMILES string of the molecule is C=Cc1c(S)c(-c2cc(OC)c(OC)c(OC)c2)nn(-c2cc(-c3nc(CO)cc4cc(OCC)c(OCC)cc34)ccn2)c1=O. The van der Waals surface area contributed by atoms with Crippen LogP contribution >= 0.6 is 12.6 Å². The lowest BCUT2D eigenvalue weighted by molar-refractivity contribution is 0.277. The molecule has 11 nitrogen and oxygen atoms in total. The van der Waals surface area contributed by atoms with E-state index in [9.17, 15) is 9.90 Å². The molecular formula is C34H34N4O7S. The lowest BCUT2D eigenvalue weighted by atomic mass is 10.0.